The van der Waals surface area contributed by atoms with Gasteiger partial charge in [0.2, 0.25) is 5.91 Å². The zero-order chi connectivity index (χ0) is 11.4. The van der Waals surface area contributed by atoms with Gasteiger partial charge in [0, 0.05) is 25.3 Å². The molecule has 0 saturated carbocycles. The van der Waals surface area contributed by atoms with Gasteiger partial charge in [-0.2, -0.15) is 0 Å². The smallest absolute Gasteiger partial charge is 0.243 e. The van der Waals surface area contributed by atoms with Crippen LogP contribution in [0.15, 0.2) is 30.3 Å². The summed E-state index contributed by atoms with van der Waals surface area (Å²) in [4.78, 5) is 14.1. The first-order valence-corrected chi connectivity index (χ1v) is 5.54. The number of hydrogen-bond donors (Lipinski definition) is 2. The van der Waals surface area contributed by atoms with Crippen LogP contribution in [-0.2, 0) is 4.79 Å². The number of likely N-dealkylation sites (N-methyl/N-ethyl adjacent to an activating group) is 1. The highest BCUT2D eigenvalue weighted by molar-refractivity contribution is 5.95. The van der Waals surface area contributed by atoms with Crippen molar-refractivity contribution in [3.63, 3.8) is 0 Å². The number of hydrogen-bond acceptors (Lipinski definition) is 3. The molecule has 86 valence electrons. The molecule has 1 fully saturated rings. The largest absolute Gasteiger partial charge is 0.325 e. The Labute approximate surface area is 95.6 Å². The van der Waals surface area contributed by atoms with E-state index in [1.165, 1.54) is 0 Å². The summed E-state index contributed by atoms with van der Waals surface area (Å²) in [7, 11) is 1.98. The number of carbonyl (C=O) groups is 1. The van der Waals surface area contributed by atoms with Crippen LogP contribution in [0, 0.1) is 0 Å². The van der Waals surface area contributed by atoms with E-state index in [1.54, 1.807) is 0 Å². The van der Waals surface area contributed by atoms with E-state index in [4.69, 9.17) is 0 Å². The maximum atomic E-state index is 12.0. The zero-order valence-electron chi connectivity index (χ0n) is 9.44. The van der Waals surface area contributed by atoms with Gasteiger partial charge in [-0.05, 0) is 19.2 Å². The second-order valence-electron chi connectivity index (χ2n) is 4.06. The minimum atomic E-state index is -0.0750. The van der Waals surface area contributed by atoms with Crippen molar-refractivity contribution in [2.24, 2.45) is 0 Å². The normalized spacial score (nSPS) is 21.7. The molecule has 1 saturated heterocycles. The summed E-state index contributed by atoms with van der Waals surface area (Å²) < 4.78 is 0. The lowest BCUT2D eigenvalue weighted by Crippen LogP contribution is -2.54. The fourth-order valence-corrected chi connectivity index (χ4v) is 1.85. The van der Waals surface area contributed by atoms with Gasteiger partial charge in [-0.25, -0.2) is 0 Å². The maximum Gasteiger partial charge on any atom is 0.243 e. The van der Waals surface area contributed by atoms with E-state index in [2.05, 4.69) is 15.5 Å². The standard InChI is InChI=1S/C12H17N3O/c1-15-8-7-13-9-11(15)12(16)14-10-5-3-2-4-6-10/h2-6,11,13H,7-9H2,1H3,(H,14,16). The van der Waals surface area contributed by atoms with Gasteiger partial charge in [0.25, 0.3) is 0 Å². The molecule has 0 radical (unpaired) electrons. The Morgan fingerprint density at radius 3 is 2.88 bits per heavy atom. The van der Waals surface area contributed by atoms with Gasteiger partial charge in [-0.15, -0.1) is 0 Å². The van der Waals surface area contributed by atoms with Crippen molar-refractivity contribution in [3.05, 3.63) is 30.3 Å². The van der Waals surface area contributed by atoms with E-state index >= 15 is 0 Å². The van der Waals surface area contributed by atoms with Gasteiger partial charge < -0.3 is 10.6 Å². The molecule has 2 rings (SSSR count). The second kappa shape index (κ2) is 5.09. The fourth-order valence-electron chi connectivity index (χ4n) is 1.85. The van der Waals surface area contributed by atoms with Gasteiger partial charge in [-0.1, -0.05) is 18.2 Å². The lowest BCUT2D eigenvalue weighted by molar-refractivity contribution is -0.121. The maximum absolute atomic E-state index is 12.0. The molecule has 1 amide bonds. The van der Waals surface area contributed by atoms with Crippen molar-refractivity contribution < 1.29 is 4.79 Å². The van der Waals surface area contributed by atoms with Gasteiger partial charge in [0.15, 0.2) is 0 Å². The lowest BCUT2D eigenvalue weighted by Gasteiger charge is -2.31. The number of para-hydroxylation sites is 1. The number of piperazine rings is 1. The number of amides is 1. The van der Waals surface area contributed by atoms with Crippen LogP contribution >= 0.6 is 0 Å². The van der Waals surface area contributed by atoms with Gasteiger partial charge in [-0.3, -0.25) is 9.69 Å². The van der Waals surface area contributed by atoms with Crippen molar-refractivity contribution in [1.29, 1.82) is 0 Å². The molecule has 4 heteroatoms. The van der Waals surface area contributed by atoms with Crippen LogP contribution in [0.25, 0.3) is 0 Å². The van der Waals surface area contributed by atoms with Crippen LogP contribution in [0.4, 0.5) is 5.69 Å². The second-order valence-corrected chi connectivity index (χ2v) is 4.06. The summed E-state index contributed by atoms with van der Waals surface area (Å²) >= 11 is 0. The Balaban J connectivity index is 1.97. The van der Waals surface area contributed by atoms with E-state index in [1.807, 2.05) is 37.4 Å². The number of carbonyl (C=O) groups excluding carboxylic acids is 1. The van der Waals surface area contributed by atoms with Crippen molar-refractivity contribution in [2.45, 2.75) is 6.04 Å². The van der Waals surface area contributed by atoms with Crippen LogP contribution < -0.4 is 10.6 Å². The molecule has 1 aromatic carbocycles. The molecule has 4 nitrogen and oxygen atoms in total. The predicted molar refractivity (Wildman–Crippen MR) is 64.4 cm³/mol. The third-order valence-corrected chi connectivity index (χ3v) is 2.86. The van der Waals surface area contributed by atoms with Crippen molar-refractivity contribution in [3.8, 4) is 0 Å². The molecule has 0 aliphatic carbocycles. The third-order valence-electron chi connectivity index (χ3n) is 2.86. The van der Waals surface area contributed by atoms with E-state index in [0.717, 1.165) is 25.3 Å². The Kier molecular flexibility index (Phi) is 3.54. The molecule has 16 heavy (non-hydrogen) atoms. The molecular formula is C12H17N3O. The van der Waals surface area contributed by atoms with Crippen molar-refractivity contribution in [2.75, 3.05) is 32.0 Å². The number of anilines is 1. The van der Waals surface area contributed by atoms with Crippen LogP contribution in [0.3, 0.4) is 0 Å². The number of benzene rings is 1. The molecule has 2 N–H and O–H groups in total. The lowest BCUT2D eigenvalue weighted by atomic mass is 10.2. The van der Waals surface area contributed by atoms with Gasteiger partial charge in [0.05, 0.1) is 0 Å². The molecule has 1 unspecified atom stereocenters. The van der Waals surface area contributed by atoms with Crippen molar-refractivity contribution >= 4 is 11.6 Å². The average molecular weight is 219 g/mol. The Bertz CT molecular complexity index is 353. The highest BCUT2D eigenvalue weighted by atomic mass is 16.2. The molecular weight excluding hydrogens is 202 g/mol. The SMILES string of the molecule is CN1CCNCC1C(=O)Nc1ccccc1. The van der Waals surface area contributed by atoms with Gasteiger partial charge >= 0.3 is 0 Å². The summed E-state index contributed by atoms with van der Waals surface area (Å²) in [5.74, 6) is 0.0564. The Morgan fingerprint density at radius 2 is 2.19 bits per heavy atom. The minimum Gasteiger partial charge on any atom is -0.325 e. The van der Waals surface area contributed by atoms with Crippen LogP contribution in [-0.4, -0.2) is 43.5 Å². The first-order chi connectivity index (χ1) is 7.77. The molecule has 1 aliphatic heterocycles. The number of rotatable bonds is 2. The monoisotopic (exact) mass is 219 g/mol. The molecule has 1 heterocycles. The van der Waals surface area contributed by atoms with Crippen molar-refractivity contribution in [1.82, 2.24) is 10.2 Å². The number of nitrogens with zero attached hydrogens (tertiary/aromatic N) is 1. The summed E-state index contributed by atoms with van der Waals surface area (Å²) in [6.45, 7) is 2.58. The topological polar surface area (TPSA) is 44.4 Å². The molecule has 0 aromatic heterocycles. The molecule has 1 atom stereocenters. The molecule has 0 bridgehead atoms. The highest BCUT2D eigenvalue weighted by Gasteiger charge is 2.25. The predicted octanol–water partition coefficient (Wildman–Crippen LogP) is 0.529. The summed E-state index contributed by atoms with van der Waals surface area (Å²) in [5.41, 5.74) is 0.853. The van der Waals surface area contributed by atoms with E-state index in [0.29, 0.717) is 0 Å². The van der Waals surface area contributed by atoms with Crippen LogP contribution in [0.1, 0.15) is 0 Å². The highest BCUT2D eigenvalue weighted by Crippen LogP contribution is 2.08. The Morgan fingerprint density at radius 1 is 1.44 bits per heavy atom. The molecule has 0 spiro atoms. The first kappa shape index (κ1) is 11.1. The summed E-state index contributed by atoms with van der Waals surface area (Å²) in [5, 5.41) is 6.15. The van der Waals surface area contributed by atoms with E-state index in [9.17, 15) is 4.79 Å². The first-order valence-electron chi connectivity index (χ1n) is 5.54. The van der Waals surface area contributed by atoms with Crippen LogP contribution in [0.2, 0.25) is 0 Å². The quantitative estimate of drug-likeness (QED) is 0.762. The average Bonchev–Trinajstić information content (AvgIpc) is 2.31. The fraction of sp³-hybridized carbons (Fsp3) is 0.417. The van der Waals surface area contributed by atoms with E-state index < -0.39 is 0 Å². The molecule has 1 aliphatic rings. The third kappa shape index (κ3) is 2.59. The Hall–Kier alpha value is -1.39. The van der Waals surface area contributed by atoms with Crippen LogP contribution in [0.5, 0.6) is 0 Å². The van der Waals surface area contributed by atoms with E-state index in [-0.39, 0.29) is 11.9 Å². The van der Waals surface area contributed by atoms with Gasteiger partial charge in [0.1, 0.15) is 6.04 Å². The summed E-state index contributed by atoms with van der Waals surface area (Å²) in [6, 6.07) is 9.48. The molecule has 1 aromatic rings. The number of nitrogens with one attached hydrogen (secondary N) is 2. The summed E-state index contributed by atoms with van der Waals surface area (Å²) in [6.07, 6.45) is 0. The zero-order valence-corrected chi connectivity index (χ0v) is 9.44. The minimum absolute atomic E-state index is 0.0564.